The highest BCUT2D eigenvalue weighted by Gasteiger charge is 2.46. The van der Waals surface area contributed by atoms with Crippen LogP contribution in [0.3, 0.4) is 0 Å². The Morgan fingerprint density at radius 3 is 1.25 bits per heavy atom. The summed E-state index contributed by atoms with van der Waals surface area (Å²) in [6, 6.07) is 58.6. The number of rotatable bonds is 8. The van der Waals surface area contributed by atoms with Crippen LogP contribution in [-0.2, 0) is 18.6 Å². The van der Waals surface area contributed by atoms with Crippen molar-refractivity contribution in [3.8, 4) is 34.1 Å². The van der Waals surface area contributed by atoms with Crippen molar-refractivity contribution in [3.63, 3.8) is 0 Å². The van der Waals surface area contributed by atoms with Gasteiger partial charge in [-0.05, 0) is 127 Å². The van der Waals surface area contributed by atoms with Crippen LogP contribution in [0.4, 0.5) is 0 Å². The Bertz CT molecular complexity index is 2410. The molecule has 0 unspecified atom stereocenters. The van der Waals surface area contributed by atoms with Crippen LogP contribution in [0.5, 0.6) is 23.0 Å². The molecule has 8 aromatic carbocycles. The quantitative estimate of drug-likeness (QED) is 0.170. The van der Waals surface area contributed by atoms with Crippen LogP contribution in [0.15, 0.2) is 170 Å². The van der Waals surface area contributed by atoms with E-state index in [-0.39, 0.29) is 13.2 Å². The van der Waals surface area contributed by atoms with Crippen LogP contribution in [-0.4, -0.2) is 10.2 Å². The Balaban J connectivity index is 1.17. The average Bonchev–Trinajstić information content (AvgIpc) is 3.49. The summed E-state index contributed by atoms with van der Waals surface area (Å²) in [6.07, 6.45) is 0. The van der Waals surface area contributed by atoms with E-state index < -0.39 is 5.41 Å². The fraction of sp³-hybridized carbons (Fsp3) is 0.0638. The van der Waals surface area contributed by atoms with Gasteiger partial charge >= 0.3 is 0 Å². The summed E-state index contributed by atoms with van der Waals surface area (Å²) in [5.74, 6) is 2.88. The molecule has 51 heavy (non-hydrogen) atoms. The van der Waals surface area contributed by atoms with Gasteiger partial charge in [-0.3, -0.25) is 0 Å². The highest BCUT2D eigenvalue weighted by Crippen LogP contribution is 2.56. The molecule has 2 N–H and O–H groups in total. The molecular weight excluding hydrogens is 629 g/mol. The molecule has 0 fully saturated rings. The SMILES string of the molecule is OCc1cccc(Oc2ccc3cc(C4(c5ccc6cc(Oc7cccc(CO)c7)ccc6c5)c5ccccc5-c5ccccc54)ccc3c2)c1. The standard InChI is InChI=1S/C47H34O4/c48-29-31-7-5-9-39(23-31)50-41-21-17-33-25-37(19-15-35(33)27-41)47(45-13-3-1-11-43(45)44-12-2-4-14-46(44)47)38-20-16-36-28-42(22-18-34(36)26-38)51-40-10-6-8-32(24-40)30-49/h1-28,48-49H,29-30H2. The van der Waals surface area contributed by atoms with Gasteiger partial charge in [0.1, 0.15) is 23.0 Å². The van der Waals surface area contributed by atoms with Gasteiger partial charge in [0.25, 0.3) is 0 Å². The lowest BCUT2D eigenvalue weighted by atomic mass is 9.67. The molecule has 0 heterocycles. The molecule has 246 valence electrons. The summed E-state index contributed by atoms with van der Waals surface area (Å²) in [5.41, 5.74) is 8.48. The van der Waals surface area contributed by atoms with Crippen molar-refractivity contribution in [1.82, 2.24) is 0 Å². The van der Waals surface area contributed by atoms with E-state index in [1.165, 1.54) is 33.4 Å². The molecule has 0 spiro atoms. The minimum Gasteiger partial charge on any atom is -0.457 e. The average molecular weight is 663 g/mol. The monoisotopic (exact) mass is 662 g/mol. The molecule has 0 saturated heterocycles. The molecule has 4 heteroatoms. The number of aliphatic hydroxyl groups excluding tert-OH is 2. The maximum absolute atomic E-state index is 9.57. The molecule has 0 amide bonds. The highest BCUT2D eigenvalue weighted by atomic mass is 16.5. The first-order valence-corrected chi connectivity index (χ1v) is 17.2. The van der Waals surface area contributed by atoms with Crippen LogP contribution in [0.25, 0.3) is 32.7 Å². The lowest BCUT2D eigenvalue weighted by molar-refractivity contribution is 0.281. The summed E-state index contributed by atoms with van der Waals surface area (Å²) in [6.45, 7) is -0.0567. The number of aliphatic hydroxyl groups is 2. The minimum atomic E-state index is -0.546. The molecule has 1 aliphatic carbocycles. The fourth-order valence-corrected chi connectivity index (χ4v) is 7.75. The van der Waals surface area contributed by atoms with Crippen LogP contribution in [0.2, 0.25) is 0 Å². The van der Waals surface area contributed by atoms with Gasteiger partial charge in [0.2, 0.25) is 0 Å². The number of ether oxygens (including phenoxy) is 2. The van der Waals surface area contributed by atoms with Gasteiger partial charge in [0.15, 0.2) is 0 Å². The summed E-state index contributed by atoms with van der Waals surface area (Å²) in [7, 11) is 0. The second-order valence-corrected chi connectivity index (χ2v) is 13.1. The Morgan fingerprint density at radius 1 is 0.373 bits per heavy atom. The van der Waals surface area contributed by atoms with Crippen LogP contribution in [0, 0.1) is 0 Å². The molecular formula is C47H34O4. The zero-order chi connectivity index (χ0) is 34.4. The Kier molecular flexibility index (Phi) is 7.62. The van der Waals surface area contributed by atoms with Gasteiger partial charge in [-0.15, -0.1) is 0 Å². The maximum Gasteiger partial charge on any atom is 0.128 e. The van der Waals surface area contributed by atoms with Gasteiger partial charge in [-0.25, -0.2) is 0 Å². The summed E-state index contributed by atoms with van der Waals surface area (Å²) in [5, 5.41) is 23.6. The molecule has 0 aliphatic heterocycles. The van der Waals surface area contributed by atoms with Gasteiger partial charge in [-0.2, -0.15) is 0 Å². The number of hydrogen-bond acceptors (Lipinski definition) is 4. The fourth-order valence-electron chi connectivity index (χ4n) is 7.75. The third kappa shape index (κ3) is 5.33. The lowest BCUT2D eigenvalue weighted by Crippen LogP contribution is -2.28. The van der Waals surface area contributed by atoms with Crippen molar-refractivity contribution in [2.75, 3.05) is 0 Å². The van der Waals surface area contributed by atoms with Crippen molar-refractivity contribution in [2.45, 2.75) is 18.6 Å². The normalized spacial score (nSPS) is 12.8. The lowest BCUT2D eigenvalue weighted by Gasteiger charge is -2.34. The first-order valence-electron chi connectivity index (χ1n) is 17.2. The van der Waals surface area contributed by atoms with Gasteiger partial charge in [0.05, 0.1) is 18.6 Å². The van der Waals surface area contributed by atoms with Crippen molar-refractivity contribution in [1.29, 1.82) is 0 Å². The molecule has 0 saturated carbocycles. The Morgan fingerprint density at radius 2 is 0.784 bits per heavy atom. The van der Waals surface area contributed by atoms with Crippen molar-refractivity contribution < 1.29 is 19.7 Å². The van der Waals surface area contributed by atoms with Gasteiger partial charge in [-0.1, -0.05) is 109 Å². The molecule has 1 aliphatic rings. The first kappa shape index (κ1) is 30.8. The van der Waals surface area contributed by atoms with Gasteiger partial charge < -0.3 is 19.7 Å². The maximum atomic E-state index is 9.57. The van der Waals surface area contributed by atoms with Crippen LogP contribution >= 0.6 is 0 Å². The van der Waals surface area contributed by atoms with E-state index in [1.807, 2.05) is 60.7 Å². The Hall–Kier alpha value is -6.20. The molecule has 9 rings (SSSR count). The van der Waals surface area contributed by atoms with E-state index in [0.717, 1.165) is 44.2 Å². The zero-order valence-corrected chi connectivity index (χ0v) is 27.8. The van der Waals surface area contributed by atoms with E-state index in [0.29, 0.717) is 11.5 Å². The van der Waals surface area contributed by atoms with Crippen molar-refractivity contribution in [2.24, 2.45) is 0 Å². The first-order chi connectivity index (χ1) is 25.1. The van der Waals surface area contributed by atoms with E-state index in [1.54, 1.807) is 0 Å². The minimum absolute atomic E-state index is 0.0283. The largest absolute Gasteiger partial charge is 0.457 e. The molecule has 4 nitrogen and oxygen atoms in total. The number of fused-ring (bicyclic) bond motifs is 5. The third-order valence-corrected chi connectivity index (χ3v) is 10.1. The third-order valence-electron chi connectivity index (χ3n) is 10.1. The predicted octanol–water partition coefficient (Wildman–Crippen LogP) is 10.9. The predicted molar refractivity (Wildman–Crippen MR) is 204 cm³/mol. The van der Waals surface area contributed by atoms with Crippen LogP contribution < -0.4 is 9.47 Å². The molecule has 0 bridgehead atoms. The highest BCUT2D eigenvalue weighted by molar-refractivity contribution is 5.92. The van der Waals surface area contributed by atoms with E-state index >= 15 is 0 Å². The number of benzene rings is 8. The summed E-state index contributed by atoms with van der Waals surface area (Å²) >= 11 is 0. The van der Waals surface area contributed by atoms with E-state index in [4.69, 9.17) is 9.47 Å². The second kappa shape index (κ2) is 12.6. The zero-order valence-electron chi connectivity index (χ0n) is 27.8. The van der Waals surface area contributed by atoms with E-state index in [9.17, 15) is 10.2 Å². The molecule has 8 aromatic rings. The summed E-state index contributed by atoms with van der Waals surface area (Å²) in [4.78, 5) is 0. The topological polar surface area (TPSA) is 58.9 Å². The van der Waals surface area contributed by atoms with Gasteiger partial charge in [0, 0.05) is 0 Å². The summed E-state index contributed by atoms with van der Waals surface area (Å²) < 4.78 is 12.4. The number of hydrogen-bond donors (Lipinski definition) is 2. The second-order valence-electron chi connectivity index (χ2n) is 13.1. The molecule has 0 atom stereocenters. The van der Waals surface area contributed by atoms with Crippen molar-refractivity contribution in [3.05, 3.63) is 203 Å². The molecule has 0 radical (unpaired) electrons. The van der Waals surface area contributed by atoms with E-state index in [2.05, 4.69) is 109 Å². The smallest absolute Gasteiger partial charge is 0.128 e. The molecule has 0 aromatic heterocycles. The van der Waals surface area contributed by atoms with Crippen LogP contribution in [0.1, 0.15) is 33.4 Å². The van der Waals surface area contributed by atoms with Crippen molar-refractivity contribution >= 4 is 21.5 Å². The Labute approximate surface area is 296 Å².